The van der Waals surface area contributed by atoms with Gasteiger partial charge in [-0.2, -0.15) is 0 Å². The smallest absolute Gasteiger partial charge is 0.252 e. The summed E-state index contributed by atoms with van der Waals surface area (Å²) < 4.78 is 20.1. The second-order valence-electron chi connectivity index (χ2n) is 8.18. The molecule has 2 aliphatic heterocycles. The van der Waals surface area contributed by atoms with Gasteiger partial charge in [0, 0.05) is 31.9 Å². The van der Waals surface area contributed by atoms with E-state index >= 15 is 0 Å². The average molecular weight is 471 g/mol. The van der Waals surface area contributed by atoms with Crippen molar-refractivity contribution in [1.29, 1.82) is 0 Å². The third-order valence-electron chi connectivity index (χ3n) is 5.87. The maximum Gasteiger partial charge on any atom is 0.252 e. The number of hydrogen-bond donors (Lipinski definition) is 1. The summed E-state index contributed by atoms with van der Waals surface area (Å²) in [6.45, 7) is 5.84. The second-order valence-corrected chi connectivity index (χ2v) is 8.55. The Balaban J connectivity index is 1.52. The van der Waals surface area contributed by atoms with Gasteiger partial charge < -0.3 is 15.0 Å². The lowest BCUT2D eigenvalue weighted by molar-refractivity contribution is -0.129. The molecule has 2 aliphatic rings. The lowest BCUT2D eigenvalue weighted by Gasteiger charge is -2.28. The normalized spacial score (nSPS) is 19.3. The highest BCUT2D eigenvalue weighted by Crippen LogP contribution is 2.30. The highest BCUT2D eigenvalue weighted by Gasteiger charge is 2.44. The Morgan fingerprint density at radius 1 is 1.12 bits per heavy atom. The Morgan fingerprint density at radius 2 is 1.82 bits per heavy atom. The molecular formula is C24H27FN4O3S. The number of ether oxygens (including phenoxy) is 1. The van der Waals surface area contributed by atoms with Gasteiger partial charge in [0.1, 0.15) is 11.9 Å². The van der Waals surface area contributed by atoms with E-state index in [1.807, 2.05) is 19.1 Å². The molecule has 2 fully saturated rings. The van der Waals surface area contributed by atoms with E-state index in [-0.39, 0.29) is 29.0 Å². The molecule has 0 radical (unpaired) electrons. The number of aryl methyl sites for hydroxylation is 1. The zero-order valence-electron chi connectivity index (χ0n) is 18.5. The van der Waals surface area contributed by atoms with Gasteiger partial charge in [0.2, 0.25) is 5.91 Å². The number of hydrogen-bond acceptors (Lipinski definition) is 5. The minimum Gasteiger partial charge on any atom is -0.379 e. The fourth-order valence-corrected chi connectivity index (χ4v) is 4.45. The van der Waals surface area contributed by atoms with E-state index in [1.54, 1.807) is 30.3 Å². The third-order valence-corrected chi connectivity index (χ3v) is 6.29. The number of nitrogens with zero attached hydrogens (tertiary/aromatic N) is 3. The summed E-state index contributed by atoms with van der Waals surface area (Å²) in [5, 5.41) is 3.04. The predicted molar refractivity (Wildman–Crippen MR) is 129 cm³/mol. The molecule has 0 aliphatic carbocycles. The number of benzene rings is 2. The van der Waals surface area contributed by atoms with Gasteiger partial charge in [-0.1, -0.05) is 29.8 Å². The quantitative estimate of drug-likeness (QED) is 0.628. The largest absolute Gasteiger partial charge is 0.379 e. The number of anilines is 2. The molecule has 0 saturated carbocycles. The van der Waals surface area contributed by atoms with Crippen molar-refractivity contribution in [3.8, 4) is 0 Å². The minimum absolute atomic E-state index is 0.144. The Kier molecular flexibility index (Phi) is 7.32. The lowest BCUT2D eigenvalue weighted by atomic mass is 10.1. The number of para-hydroxylation sites is 1. The zero-order valence-corrected chi connectivity index (χ0v) is 19.3. The second kappa shape index (κ2) is 10.4. The first kappa shape index (κ1) is 23.3. The minimum atomic E-state index is -0.912. The van der Waals surface area contributed by atoms with Crippen molar-refractivity contribution < 1.29 is 18.7 Å². The van der Waals surface area contributed by atoms with Gasteiger partial charge in [0.15, 0.2) is 5.11 Å². The number of rotatable bonds is 7. The van der Waals surface area contributed by atoms with Crippen LogP contribution in [0.1, 0.15) is 12.0 Å². The van der Waals surface area contributed by atoms with Gasteiger partial charge in [-0.15, -0.1) is 0 Å². The summed E-state index contributed by atoms with van der Waals surface area (Å²) in [5.41, 5.74) is 1.91. The molecule has 2 saturated heterocycles. The number of nitrogens with one attached hydrogen (secondary N) is 1. The lowest BCUT2D eigenvalue weighted by Crippen LogP contribution is -2.43. The fourth-order valence-electron chi connectivity index (χ4n) is 4.04. The Hall–Kier alpha value is -2.88. The van der Waals surface area contributed by atoms with E-state index in [0.29, 0.717) is 32.0 Å². The maximum atomic E-state index is 14.7. The highest BCUT2D eigenvalue weighted by molar-refractivity contribution is 7.80. The van der Waals surface area contributed by atoms with Crippen molar-refractivity contribution in [3.05, 3.63) is 59.9 Å². The number of carbonyl (C=O) groups is 2. The maximum absolute atomic E-state index is 14.7. The van der Waals surface area contributed by atoms with Crippen LogP contribution in [0.3, 0.4) is 0 Å². The van der Waals surface area contributed by atoms with Crippen LogP contribution in [-0.2, 0) is 14.3 Å². The van der Waals surface area contributed by atoms with Crippen molar-refractivity contribution in [1.82, 2.24) is 9.80 Å². The average Bonchev–Trinajstić information content (AvgIpc) is 3.04. The number of morpholine rings is 1. The Labute approximate surface area is 198 Å². The van der Waals surface area contributed by atoms with Crippen molar-refractivity contribution in [3.63, 3.8) is 0 Å². The first-order valence-corrected chi connectivity index (χ1v) is 11.4. The zero-order chi connectivity index (χ0) is 23.4. The molecule has 1 atom stereocenters. The van der Waals surface area contributed by atoms with E-state index in [0.717, 1.165) is 18.7 Å². The topological polar surface area (TPSA) is 65.1 Å². The molecule has 33 heavy (non-hydrogen) atoms. The van der Waals surface area contributed by atoms with Crippen molar-refractivity contribution in [2.24, 2.45) is 0 Å². The summed E-state index contributed by atoms with van der Waals surface area (Å²) >= 11 is 5.61. The number of thiocarbonyl (C=S) groups is 1. The predicted octanol–water partition coefficient (Wildman–Crippen LogP) is 2.80. The standard InChI is InChI=1S/C24H27FN4O3S/c1-17-6-8-18(9-7-17)26-22(30)16-21-23(31)28(11-10-27-12-14-32-15-13-27)24(33)29(21)20-5-3-2-4-19(20)25/h2-9,21H,10-16H2,1H3,(H,26,30). The molecule has 0 spiro atoms. The molecule has 0 aromatic heterocycles. The van der Waals surface area contributed by atoms with Gasteiger partial charge in [-0.3, -0.25) is 19.4 Å². The van der Waals surface area contributed by atoms with Crippen LogP contribution >= 0.6 is 12.2 Å². The fraction of sp³-hybridized carbons (Fsp3) is 0.375. The van der Waals surface area contributed by atoms with E-state index < -0.39 is 11.9 Å². The molecule has 2 aromatic rings. The molecule has 2 heterocycles. The van der Waals surface area contributed by atoms with Crippen LogP contribution in [0, 0.1) is 12.7 Å². The molecule has 1 unspecified atom stereocenters. The van der Waals surface area contributed by atoms with Crippen molar-refractivity contribution in [2.75, 3.05) is 49.6 Å². The van der Waals surface area contributed by atoms with Gasteiger partial charge in [-0.25, -0.2) is 4.39 Å². The summed E-state index contributed by atoms with van der Waals surface area (Å²) in [7, 11) is 0. The summed E-state index contributed by atoms with van der Waals surface area (Å²) in [6.07, 6.45) is -0.144. The number of carbonyl (C=O) groups excluding carboxylic acids is 2. The molecule has 0 bridgehead atoms. The molecule has 1 N–H and O–H groups in total. The van der Waals surface area contributed by atoms with Crippen molar-refractivity contribution >= 4 is 40.5 Å². The molecular weight excluding hydrogens is 443 g/mol. The first-order chi connectivity index (χ1) is 15.9. The van der Waals surface area contributed by atoms with Gasteiger partial charge in [0.05, 0.1) is 25.3 Å². The van der Waals surface area contributed by atoms with Crippen LogP contribution in [0.5, 0.6) is 0 Å². The third kappa shape index (κ3) is 5.38. The Bertz CT molecular complexity index is 1030. The van der Waals surface area contributed by atoms with Crippen LogP contribution in [0.4, 0.5) is 15.8 Å². The van der Waals surface area contributed by atoms with E-state index in [9.17, 15) is 14.0 Å². The van der Waals surface area contributed by atoms with Gasteiger partial charge in [0.25, 0.3) is 5.91 Å². The van der Waals surface area contributed by atoms with E-state index in [1.165, 1.54) is 15.9 Å². The highest BCUT2D eigenvalue weighted by atomic mass is 32.1. The van der Waals surface area contributed by atoms with Crippen LogP contribution in [-0.4, -0.2) is 72.2 Å². The molecule has 7 nitrogen and oxygen atoms in total. The summed E-state index contributed by atoms with van der Waals surface area (Å²) in [6, 6.07) is 12.6. The molecule has 2 aromatic carbocycles. The Morgan fingerprint density at radius 3 is 2.52 bits per heavy atom. The van der Waals surface area contributed by atoms with E-state index in [4.69, 9.17) is 17.0 Å². The summed E-state index contributed by atoms with van der Waals surface area (Å²) in [4.78, 5) is 31.3. The number of halogens is 1. The monoisotopic (exact) mass is 470 g/mol. The molecule has 9 heteroatoms. The van der Waals surface area contributed by atoms with Crippen LogP contribution < -0.4 is 10.2 Å². The van der Waals surface area contributed by atoms with Crippen LogP contribution in [0.25, 0.3) is 0 Å². The number of amides is 2. The molecule has 4 rings (SSSR count). The van der Waals surface area contributed by atoms with Crippen molar-refractivity contribution in [2.45, 2.75) is 19.4 Å². The van der Waals surface area contributed by atoms with Gasteiger partial charge >= 0.3 is 0 Å². The van der Waals surface area contributed by atoms with Crippen LogP contribution in [0.15, 0.2) is 48.5 Å². The summed E-state index contributed by atoms with van der Waals surface area (Å²) in [5.74, 6) is -1.13. The van der Waals surface area contributed by atoms with E-state index in [2.05, 4.69) is 10.2 Å². The molecule has 174 valence electrons. The SMILES string of the molecule is Cc1ccc(NC(=O)CC2C(=O)N(CCN3CCOCC3)C(=S)N2c2ccccc2F)cc1. The molecule has 2 amide bonds. The van der Waals surface area contributed by atoms with Crippen LogP contribution in [0.2, 0.25) is 0 Å². The van der Waals surface area contributed by atoms with Gasteiger partial charge in [-0.05, 0) is 43.4 Å². The first-order valence-electron chi connectivity index (χ1n) is 11.0.